The Morgan fingerprint density at radius 3 is 2.89 bits per heavy atom. The lowest BCUT2D eigenvalue weighted by atomic mass is 10.1. The summed E-state index contributed by atoms with van der Waals surface area (Å²) in [7, 11) is 1.70. The van der Waals surface area contributed by atoms with Gasteiger partial charge in [0.25, 0.3) is 0 Å². The fraction of sp³-hybridized carbons (Fsp3) is 0.714. The number of nitrogens with one attached hydrogen (secondary N) is 1. The molecule has 0 saturated carbocycles. The summed E-state index contributed by atoms with van der Waals surface area (Å²) >= 11 is 0. The first-order chi connectivity index (χ1) is 9.38. The van der Waals surface area contributed by atoms with E-state index in [-0.39, 0.29) is 0 Å². The Morgan fingerprint density at radius 1 is 1.37 bits per heavy atom. The van der Waals surface area contributed by atoms with Crippen LogP contribution in [0.3, 0.4) is 0 Å². The molecule has 0 amide bonds. The third kappa shape index (κ3) is 5.22. The molecule has 1 aliphatic heterocycles. The van der Waals surface area contributed by atoms with Crippen molar-refractivity contribution in [2.75, 3.05) is 26.9 Å². The first kappa shape index (κ1) is 14.4. The van der Waals surface area contributed by atoms with Crippen molar-refractivity contribution in [3.05, 3.63) is 23.8 Å². The van der Waals surface area contributed by atoms with Gasteiger partial charge in [0.1, 0.15) is 5.82 Å². The van der Waals surface area contributed by atoms with Crippen molar-refractivity contribution in [3.63, 3.8) is 0 Å². The summed E-state index contributed by atoms with van der Waals surface area (Å²) in [5.74, 6) is 0.882. The van der Waals surface area contributed by atoms with Gasteiger partial charge in [0.15, 0.2) is 0 Å². The number of hydrogen-bond donors (Lipinski definition) is 1. The maximum absolute atomic E-state index is 5.70. The van der Waals surface area contributed by atoms with Gasteiger partial charge in [0.2, 0.25) is 0 Å². The van der Waals surface area contributed by atoms with E-state index in [0.717, 1.165) is 50.5 Å². The highest BCUT2D eigenvalue weighted by atomic mass is 16.5. The molecule has 0 bridgehead atoms. The number of ether oxygens (including phenoxy) is 2. The first-order valence-corrected chi connectivity index (χ1v) is 6.99. The molecule has 1 atom stereocenters. The lowest BCUT2D eigenvalue weighted by molar-refractivity contribution is 0.0156. The number of aromatic nitrogens is 2. The molecule has 1 N–H and O–H groups in total. The van der Waals surface area contributed by atoms with E-state index in [0.29, 0.717) is 6.10 Å². The highest BCUT2D eigenvalue weighted by Crippen LogP contribution is 2.15. The van der Waals surface area contributed by atoms with Crippen LogP contribution >= 0.6 is 0 Å². The average Bonchev–Trinajstić information content (AvgIpc) is 2.46. The predicted molar refractivity (Wildman–Crippen MR) is 72.9 cm³/mol. The Morgan fingerprint density at radius 2 is 2.21 bits per heavy atom. The molecule has 0 radical (unpaired) electrons. The Bertz CT molecular complexity index is 350. The van der Waals surface area contributed by atoms with Gasteiger partial charge in [-0.05, 0) is 19.3 Å². The molecule has 1 aromatic rings. The second kappa shape index (κ2) is 8.19. The van der Waals surface area contributed by atoms with Gasteiger partial charge in [-0.2, -0.15) is 0 Å². The number of rotatable bonds is 7. The minimum atomic E-state index is 0.305. The summed E-state index contributed by atoms with van der Waals surface area (Å²) in [5.41, 5.74) is 1.10. The molecule has 0 aliphatic carbocycles. The Hall–Kier alpha value is -1.04. The first-order valence-electron chi connectivity index (χ1n) is 6.99. The molecule has 5 nitrogen and oxygen atoms in total. The fourth-order valence-electron chi connectivity index (χ4n) is 2.16. The molecule has 5 heteroatoms. The van der Waals surface area contributed by atoms with Gasteiger partial charge < -0.3 is 14.8 Å². The summed E-state index contributed by atoms with van der Waals surface area (Å²) in [5, 5.41) is 3.27. The Labute approximate surface area is 114 Å². The minimum Gasteiger partial charge on any atom is -0.383 e. The second-order valence-corrected chi connectivity index (χ2v) is 4.87. The van der Waals surface area contributed by atoms with Crippen LogP contribution in [0, 0.1) is 0 Å². The topological polar surface area (TPSA) is 56.3 Å². The van der Waals surface area contributed by atoms with E-state index in [9.17, 15) is 0 Å². The van der Waals surface area contributed by atoms with Crippen molar-refractivity contribution in [3.8, 4) is 0 Å². The smallest absolute Gasteiger partial charge is 0.130 e. The number of hydrogen-bond acceptors (Lipinski definition) is 5. The molecule has 1 fully saturated rings. The van der Waals surface area contributed by atoms with E-state index in [2.05, 4.69) is 15.3 Å². The molecule has 0 spiro atoms. The van der Waals surface area contributed by atoms with Gasteiger partial charge in [0, 0.05) is 51.2 Å². The van der Waals surface area contributed by atoms with Gasteiger partial charge in [-0.15, -0.1) is 0 Å². The molecule has 2 rings (SSSR count). The highest BCUT2D eigenvalue weighted by molar-refractivity contribution is 5.05. The van der Waals surface area contributed by atoms with Gasteiger partial charge in [-0.1, -0.05) is 0 Å². The molecule has 1 aromatic heterocycles. The molecule has 1 saturated heterocycles. The maximum Gasteiger partial charge on any atom is 0.130 e. The van der Waals surface area contributed by atoms with E-state index in [1.165, 1.54) is 12.8 Å². The third-order valence-corrected chi connectivity index (χ3v) is 3.26. The zero-order valence-electron chi connectivity index (χ0n) is 11.6. The molecule has 19 heavy (non-hydrogen) atoms. The SMILES string of the molecule is COCCNCc1cnc(CC2CCCCO2)nc1. The molecular formula is C14H23N3O2. The van der Waals surface area contributed by atoms with E-state index in [1.807, 2.05) is 12.4 Å². The summed E-state index contributed by atoms with van der Waals surface area (Å²) in [4.78, 5) is 8.82. The van der Waals surface area contributed by atoms with Crippen LogP contribution in [0.4, 0.5) is 0 Å². The van der Waals surface area contributed by atoms with Crippen LogP contribution < -0.4 is 5.32 Å². The van der Waals surface area contributed by atoms with E-state index < -0.39 is 0 Å². The minimum absolute atomic E-state index is 0.305. The van der Waals surface area contributed by atoms with Crippen LogP contribution in [0.2, 0.25) is 0 Å². The van der Waals surface area contributed by atoms with Crippen LogP contribution in [0.5, 0.6) is 0 Å². The highest BCUT2D eigenvalue weighted by Gasteiger charge is 2.15. The van der Waals surface area contributed by atoms with E-state index in [1.54, 1.807) is 7.11 Å². The number of methoxy groups -OCH3 is 1. The van der Waals surface area contributed by atoms with Crippen LogP contribution in [0.1, 0.15) is 30.7 Å². The molecule has 106 valence electrons. The number of nitrogens with zero attached hydrogens (tertiary/aromatic N) is 2. The van der Waals surface area contributed by atoms with Crippen LogP contribution in [-0.2, 0) is 22.4 Å². The molecular weight excluding hydrogens is 242 g/mol. The standard InChI is InChI=1S/C14H23N3O2/c1-18-7-5-15-9-12-10-16-14(17-11-12)8-13-4-2-3-6-19-13/h10-11,13,15H,2-9H2,1H3. The van der Waals surface area contributed by atoms with Crippen LogP contribution in [0.25, 0.3) is 0 Å². The van der Waals surface area contributed by atoms with Gasteiger partial charge in [-0.25, -0.2) is 9.97 Å². The van der Waals surface area contributed by atoms with Crippen molar-refractivity contribution in [2.45, 2.75) is 38.3 Å². The normalized spacial score (nSPS) is 19.5. The molecule has 1 unspecified atom stereocenters. The van der Waals surface area contributed by atoms with Crippen molar-refractivity contribution in [2.24, 2.45) is 0 Å². The van der Waals surface area contributed by atoms with Gasteiger partial charge in [-0.3, -0.25) is 0 Å². The third-order valence-electron chi connectivity index (χ3n) is 3.26. The lowest BCUT2D eigenvalue weighted by Crippen LogP contribution is -2.22. The van der Waals surface area contributed by atoms with Crippen LogP contribution in [0.15, 0.2) is 12.4 Å². The fourth-order valence-corrected chi connectivity index (χ4v) is 2.16. The average molecular weight is 265 g/mol. The Balaban J connectivity index is 1.74. The zero-order chi connectivity index (χ0) is 13.3. The van der Waals surface area contributed by atoms with Crippen LogP contribution in [-0.4, -0.2) is 42.9 Å². The van der Waals surface area contributed by atoms with Gasteiger partial charge in [0.05, 0.1) is 12.7 Å². The summed E-state index contributed by atoms with van der Waals surface area (Å²) in [6.45, 7) is 3.22. The zero-order valence-corrected chi connectivity index (χ0v) is 11.6. The van der Waals surface area contributed by atoms with Crippen molar-refractivity contribution < 1.29 is 9.47 Å². The largest absolute Gasteiger partial charge is 0.383 e. The van der Waals surface area contributed by atoms with Gasteiger partial charge >= 0.3 is 0 Å². The lowest BCUT2D eigenvalue weighted by Gasteiger charge is -2.21. The van der Waals surface area contributed by atoms with E-state index in [4.69, 9.17) is 9.47 Å². The summed E-state index contributed by atoms with van der Waals surface area (Å²) in [6.07, 6.45) is 8.49. The molecule has 1 aliphatic rings. The molecule has 2 heterocycles. The summed E-state index contributed by atoms with van der Waals surface area (Å²) < 4.78 is 10.7. The monoisotopic (exact) mass is 265 g/mol. The van der Waals surface area contributed by atoms with Crippen molar-refractivity contribution in [1.29, 1.82) is 0 Å². The predicted octanol–water partition coefficient (Wildman–Crippen LogP) is 1.32. The quantitative estimate of drug-likeness (QED) is 0.754. The maximum atomic E-state index is 5.70. The summed E-state index contributed by atoms with van der Waals surface area (Å²) in [6, 6.07) is 0. The van der Waals surface area contributed by atoms with Crippen molar-refractivity contribution in [1.82, 2.24) is 15.3 Å². The Kier molecular flexibility index (Phi) is 6.20. The molecule has 0 aromatic carbocycles. The van der Waals surface area contributed by atoms with Crippen molar-refractivity contribution >= 4 is 0 Å². The second-order valence-electron chi connectivity index (χ2n) is 4.87. The van der Waals surface area contributed by atoms with E-state index >= 15 is 0 Å².